The summed E-state index contributed by atoms with van der Waals surface area (Å²) in [5.41, 5.74) is 2.12. The van der Waals surface area contributed by atoms with Crippen LogP contribution in [0.25, 0.3) is 11.4 Å². The molecule has 2 amide bonds. The van der Waals surface area contributed by atoms with Gasteiger partial charge in [0.2, 0.25) is 11.7 Å². The minimum atomic E-state index is 0.00392. The van der Waals surface area contributed by atoms with Crippen LogP contribution in [-0.4, -0.2) is 34.2 Å². The molecule has 0 radical (unpaired) electrons. The number of thiophene rings is 1. The number of amides is 2. The zero-order valence-corrected chi connectivity index (χ0v) is 16.7. The highest BCUT2D eigenvalue weighted by Gasteiger charge is 2.25. The number of piperidine rings is 1. The van der Waals surface area contributed by atoms with Gasteiger partial charge in [-0.3, -0.25) is 0 Å². The Kier molecular flexibility index (Phi) is 5.71. The fourth-order valence-corrected chi connectivity index (χ4v) is 4.27. The monoisotopic (exact) mass is 396 g/mol. The van der Waals surface area contributed by atoms with E-state index in [2.05, 4.69) is 15.5 Å². The summed E-state index contributed by atoms with van der Waals surface area (Å²) in [7, 11) is 0. The maximum absolute atomic E-state index is 12.5. The van der Waals surface area contributed by atoms with Crippen molar-refractivity contribution in [3.8, 4) is 11.4 Å². The first kappa shape index (κ1) is 18.7. The van der Waals surface area contributed by atoms with Crippen LogP contribution in [0.1, 0.15) is 29.2 Å². The van der Waals surface area contributed by atoms with E-state index in [-0.39, 0.29) is 6.03 Å². The molecule has 1 aliphatic heterocycles. The second-order valence-electron chi connectivity index (χ2n) is 7.22. The number of hydrogen-bond acceptors (Lipinski definition) is 5. The highest BCUT2D eigenvalue weighted by Crippen LogP contribution is 2.24. The van der Waals surface area contributed by atoms with Crippen molar-refractivity contribution in [3.63, 3.8) is 0 Å². The molecule has 7 heteroatoms. The summed E-state index contributed by atoms with van der Waals surface area (Å²) in [5.74, 6) is 1.62. The van der Waals surface area contributed by atoms with Crippen molar-refractivity contribution in [2.45, 2.75) is 32.7 Å². The molecule has 0 aliphatic carbocycles. The van der Waals surface area contributed by atoms with Crippen LogP contribution < -0.4 is 5.32 Å². The quantitative estimate of drug-likeness (QED) is 0.699. The van der Waals surface area contributed by atoms with Gasteiger partial charge in [-0.1, -0.05) is 35.5 Å². The first-order valence-electron chi connectivity index (χ1n) is 9.63. The Labute approximate surface area is 168 Å². The molecule has 1 N–H and O–H groups in total. The summed E-state index contributed by atoms with van der Waals surface area (Å²) in [6, 6.07) is 12.1. The molecule has 1 aliphatic rings. The van der Waals surface area contributed by atoms with E-state index in [0.717, 1.165) is 41.9 Å². The van der Waals surface area contributed by atoms with E-state index >= 15 is 0 Å². The summed E-state index contributed by atoms with van der Waals surface area (Å²) >= 11 is 1.65. The van der Waals surface area contributed by atoms with Gasteiger partial charge in [0.1, 0.15) is 0 Å². The second kappa shape index (κ2) is 8.56. The predicted octanol–water partition coefficient (Wildman–Crippen LogP) is 4.27. The van der Waals surface area contributed by atoms with E-state index in [4.69, 9.17) is 4.52 Å². The van der Waals surface area contributed by atoms with E-state index in [9.17, 15) is 4.79 Å². The number of benzene rings is 1. The molecule has 3 aromatic rings. The minimum Gasteiger partial charge on any atom is -0.339 e. The molecule has 28 heavy (non-hydrogen) atoms. The number of nitrogens with one attached hydrogen (secondary N) is 1. The third kappa shape index (κ3) is 4.42. The summed E-state index contributed by atoms with van der Waals surface area (Å²) in [6.45, 7) is 4.14. The van der Waals surface area contributed by atoms with Crippen molar-refractivity contribution < 1.29 is 9.32 Å². The van der Waals surface area contributed by atoms with E-state index in [1.807, 2.05) is 53.6 Å². The third-order valence-corrected chi connectivity index (χ3v) is 5.99. The SMILES string of the molecule is Cc1ccccc1-c1noc(C[C@@H]2CCCN(C(=O)NCc3cccs3)C2)n1. The first-order valence-corrected chi connectivity index (χ1v) is 10.5. The molecule has 4 rings (SSSR count). The summed E-state index contributed by atoms with van der Waals surface area (Å²) in [4.78, 5) is 20.1. The average molecular weight is 397 g/mol. The summed E-state index contributed by atoms with van der Waals surface area (Å²) < 4.78 is 5.49. The van der Waals surface area contributed by atoms with Crippen LogP contribution >= 0.6 is 11.3 Å². The molecule has 2 aromatic heterocycles. The molecular weight excluding hydrogens is 372 g/mol. The number of likely N-dealkylation sites (tertiary alicyclic amines) is 1. The minimum absolute atomic E-state index is 0.00392. The first-order chi connectivity index (χ1) is 13.7. The number of carbonyl (C=O) groups is 1. The number of rotatable bonds is 5. The summed E-state index contributed by atoms with van der Waals surface area (Å²) in [5, 5.41) is 9.19. The lowest BCUT2D eigenvalue weighted by Gasteiger charge is -2.32. The Morgan fingerprint density at radius 2 is 2.21 bits per heavy atom. The molecule has 0 bridgehead atoms. The van der Waals surface area contributed by atoms with Crippen LogP contribution in [0.15, 0.2) is 46.3 Å². The molecule has 0 spiro atoms. The summed E-state index contributed by atoms with van der Waals surface area (Å²) in [6.07, 6.45) is 2.76. The van der Waals surface area contributed by atoms with Gasteiger partial charge in [-0.25, -0.2) is 4.79 Å². The van der Waals surface area contributed by atoms with Crippen molar-refractivity contribution in [3.05, 3.63) is 58.1 Å². The lowest BCUT2D eigenvalue weighted by Crippen LogP contribution is -2.45. The fraction of sp³-hybridized carbons (Fsp3) is 0.381. The second-order valence-corrected chi connectivity index (χ2v) is 8.26. The van der Waals surface area contributed by atoms with E-state index < -0.39 is 0 Å². The van der Waals surface area contributed by atoms with Crippen molar-refractivity contribution in [1.82, 2.24) is 20.4 Å². The van der Waals surface area contributed by atoms with Crippen LogP contribution in [0.3, 0.4) is 0 Å². The largest absolute Gasteiger partial charge is 0.339 e. The van der Waals surface area contributed by atoms with E-state index in [1.165, 1.54) is 0 Å². The molecule has 146 valence electrons. The molecule has 1 aromatic carbocycles. The Balaban J connectivity index is 1.34. The van der Waals surface area contributed by atoms with Crippen LogP contribution in [0, 0.1) is 12.8 Å². The van der Waals surface area contributed by atoms with Crippen molar-refractivity contribution in [2.75, 3.05) is 13.1 Å². The molecule has 1 atom stereocenters. The molecular formula is C21H24N4O2S. The standard InChI is InChI=1S/C21H24N4O2S/c1-15-6-2-3-9-18(15)20-23-19(27-24-20)12-16-7-4-10-25(14-16)21(26)22-13-17-8-5-11-28-17/h2-3,5-6,8-9,11,16H,4,7,10,12-14H2,1H3,(H,22,26)/t16-/m0/s1. The van der Waals surface area contributed by atoms with Crippen LogP contribution in [-0.2, 0) is 13.0 Å². The molecule has 1 saturated heterocycles. The molecule has 1 fully saturated rings. The topological polar surface area (TPSA) is 71.3 Å². The highest BCUT2D eigenvalue weighted by molar-refractivity contribution is 7.09. The molecule has 3 heterocycles. The van der Waals surface area contributed by atoms with Crippen LogP contribution in [0.5, 0.6) is 0 Å². The number of aromatic nitrogens is 2. The van der Waals surface area contributed by atoms with Gasteiger partial charge in [0.25, 0.3) is 0 Å². The van der Waals surface area contributed by atoms with Gasteiger partial charge in [0.05, 0.1) is 6.54 Å². The van der Waals surface area contributed by atoms with Gasteiger partial charge in [-0.15, -0.1) is 11.3 Å². The number of carbonyl (C=O) groups excluding carboxylic acids is 1. The Morgan fingerprint density at radius 3 is 3.04 bits per heavy atom. The average Bonchev–Trinajstić information content (AvgIpc) is 3.39. The number of nitrogens with zero attached hydrogens (tertiary/aromatic N) is 3. The number of hydrogen-bond donors (Lipinski definition) is 1. The highest BCUT2D eigenvalue weighted by atomic mass is 32.1. The van der Waals surface area contributed by atoms with Crippen molar-refractivity contribution in [2.24, 2.45) is 5.92 Å². The van der Waals surface area contributed by atoms with Gasteiger partial charge < -0.3 is 14.7 Å². The van der Waals surface area contributed by atoms with Gasteiger partial charge in [-0.2, -0.15) is 4.98 Å². The van der Waals surface area contributed by atoms with Gasteiger partial charge >= 0.3 is 6.03 Å². The van der Waals surface area contributed by atoms with Gasteiger partial charge in [-0.05, 0) is 42.7 Å². The normalized spacial score (nSPS) is 16.9. The zero-order valence-electron chi connectivity index (χ0n) is 15.9. The number of aryl methyl sites for hydroxylation is 1. The van der Waals surface area contributed by atoms with Crippen molar-refractivity contribution in [1.29, 1.82) is 0 Å². The molecule has 6 nitrogen and oxygen atoms in total. The fourth-order valence-electron chi connectivity index (χ4n) is 3.62. The Bertz CT molecular complexity index is 922. The zero-order chi connectivity index (χ0) is 19.3. The predicted molar refractivity (Wildman–Crippen MR) is 109 cm³/mol. The van der Waals surface area contributed by atoms with Crippen LogP contribution in [0.4, 0.5) is 4.79 Å². The maximum atomic E-state index is 12.5. The molecule has 0 saturated carbocycles. The van der Waals surface area contributed by atoms with Crippen molar-refractivity contribution >= 4 is 17.4 Å². The lowest BCUT2D eigenvalue weighted by atomic mass is 9.95. The smallest absolute Gasteiger partial charge is 0.317 e. The molecule has 0 unspecified atom stereocenters. The Morgan fingerprint density at radius 1 is 1.32 bits per heavy atom. The Hall–Kier alpha value is -2.67. The maximum Gasteiger partial charge on any atom is 0.317 e. The number of urea groups is 1. The van der Waals surface area contributed by atoms with E-state index in [1.54, 1.807) is 11.3 Å². The van der Waals surface area contributed by atoms with Crippen LogP contribution in [0.2, 0.25) is 0 Å². The lowest BCUT2D eigenvalue weighted by molar-refractivity contribution is 0.161. The van der Waals surface area contributed by atoms with Gasteiger partial charge in [0.15, 0.2) is 0 Å². The van der Waals surface area contributed by atoms with E-state index in [0.29, 0.717) is 30.6 Å². The third-order valence-electron chi connectivity index (χ3n) is 5.12. The van der Waals surface area contributed by atoms with Gasteiger partial charge in [0, 0.05) is 30.0 Å².